The maximum absolute atomic E-state index is 13.8. The smallest absolute Gasteiger partial charge is 0.147 e. The van der Waals surface area contributed by atoms with Gasteiger partial charge in [0, 0.05) is 11.1 Å². The molecule has 1 unspecified atom stereocenters. The normalized spacial score (nSPS) is 12.5. The van der Waals surface area contributed by atoms with Crippen molar-refractivity contribution in [2.75, 3.05) is 0 Å². The van der Waals surface area contributed by atoms with Gasteiger partial charge in [0.1, 0.15) is 17.7 Å². The molecule has 0 aliphatic rings. The van der Waals surface area contributed by atoms with Crippen molar-refractivity contribution >= 4 is 27.5 Å². The van der Waals surface area contributed by atoms with Gasteiger partial charge in [-0.2, -0.15) is 0 Å². The van der Waals surface area contributed by atoms with E-state index in [-0.39, 0.29) is 20.6 Å². The lowest BCUT2D eigenvalue weighted by atomic mass is 10.0. The van der Waals surface area contributed by atoms with Crippen molar-refractivity contribution in [1.29, 1.82) is 0 Å². The van der Waals surface area contributed by atoms with Gasteiger partial charge in [-0.25, -0.2) is 8.78 Å². The number of aliphatic hydroxyl groups excluding tert-OH is 1. The minimum atomic E-state index is -1.40. The van der Waals surface area contributed by atoms with Crippen LogP contribution in [0.5, 0.6) is 0 Å². The van der Waals surface area contributed by atoms with Crippen molar-refractivity contribution in [2.45, 2.75) is 6.10 Å². The molecule has 5 heteroatoms. The summed E-state index contributed by atoms with van der Waals surface area (Å²) < 4.78 is 27.8. The summed E-state index contributed by atoms with van der Waals surface area (Å²) in [6.07, 6.45) is -1.40. The molecule has 0 bridgehead atoms. The monoisotopic (exact) mass is 332 g/mol. The highest BCUT2D eigenvalue weighted by molar-refractivity contribution is 9.10. The first kappa shape index (κ1) is 13.5. The predicted octanol–water partition coefficient (Wildman–Crippen LogP) is 4.46. The molecule has 0 amide bonds. The summed E-state index contributed by atoms with van der Waals surface area (Å²) in [7, 11) is 0. The number of aliphatic hydroxyl groups is 1. The minimum Gasteiger partial charge on any atom is -0.383 e. The molecule has 0 heterocycles. The Morgan fingerprint density at radius 2 is 1.56 bits per heavy atom. The highest BCUT2D eigenvalue weighted by atomic mass is 79.9. The van der Waals surface area contributed by atoms with Gasteiger partial charge >= 0.3 is 0 Å². The Hall–Kier alpha value is -0.970. The first-order valence-corrected chi connectivity index (χ1v) is 6.25. The highest BCUT2D eigenvalue weighted by Gasteiger charge is 2.20. The maximum Gasteiger partial charge on any atom is 0.147 e. The Morgan fingerprint density at radius 1 is 1.00 bits per heavy atom. The van der Waals surface area contributed by atoms with Crippen LogP contribution in [0.2, 0.25) is 5.02 Å². The van der Waals surface area contributed by atoms with Gasteiger partial charge in [-0.05, 0) is 28.1 Å². The molecule has 94 valence electrons. The van der Waals surface area contributed by atoms with Gasteiger partial charge in [-0.3, -0.25) is 0 Å². The second kappa shape index (κ2) is 5.34. The van der Waals surface area contributed by atoms with Gasteiger partial charge in [0.25, 0.3) is 0 Å². The lowest BCUT2D eigenvalue weighted by Crippen LogP contribution is -2.05. The fourth-order valence-corrected chi connectivity index (χ4v) is 2.19. The summed E-state index contributed by atoms with van der Waals surface area (Å²) in [6.45, 7) is 0. The quantitative estimate of drug-likeness (QED) is 0.860. The van der Waals surface area contributed by atoms with Crippen molar-refractivity contribution in [3.8, 4) is 0 Å². The van der Waals surface area contributed by atoms with E-state index in [9.17, 15) is 13.9 Å². The number of halogens is 4. The zero-order valence-corrected chi connectivity index (χ0v) is 11.3. The van der Waals surface area contributed by atoms with Crippen LogP contribution in [-0.2, 0) is 0 Å². The van der Waals surface area contributed by atoms with Crippen molar-refractivity contribution in [2.24, 2.45) is 0 Å². The molecule has 0 aromatic heterocycles. The SMILES string of the molecule is OC(c1cccc(Cl)c1F)c1cccc(Br)c1F. The fraction of sp³-hybridized carbons (Fsp3) is 0.0769. The zero-order valence-electron chi connectivity index (χ0n) is 9.00. The van der Waals surface area contributed by atoms with E-state index < -0.39 is 17.7 Å². The van der Waals surface area contributed by atoms with Gasteiger partial charge < -0.3 is 5.11 Å². The summed E-state index contributed by atoms with van der Waals surface area (Å²) >= 11 is 8.64. The number of rotatable bonds is 2. The predicted molar refractivity (Wildman–Crippen MR) is 69.6 cm³/mol. The largest absolute Gasteiger partial charge is 0.383 e. The van der Waals surface area contributed by atoms with Gasteiger partial charge in [-0.1, -0.05) is 35.9 Å². The molecule has 2 aromatic rings. The van der Waals surface area contributed by atoms with E-state index in [0.717, 1.165) is 0 Å². The van der Waals surface area contributed by atoms with Crippen molar-refractivity contribution < 1.29 is 13.9 Å². The maximum atomic E-state index is 13.8. The molecule has 2 aromatic carbocycles. The molecule has 1 nitrogen and oxygen atoms in total. The Labute approximate surface area is 116 Å². The highest BCUT2D eigenvalue weighted by Crippen LogP contribution is 2.31. The second-order valence-electron chi connectivity index (χ2n) is 3.69. The Kier molecular flexibility index (Phi) is 4.00. The number of hydrogen-bond donors (Lipinski definition) is 1. The van der Waals surface area contributed by atoms with E-state index in [4.69, 9.17) is 11.6 Å². The van der Waals surface area contributed by atoms with Gasteiger partial charge in [0.2, 0.25) is 0 Å². The fourth-order valence-electron chi connectivity index (χ4n) is 1.63. The van der Waals surface area contributed by atoms with E-state index in [1.54, 1.807) is 6.07 Å². The first-order valence-electron chi connectivity index (χ1n) is 5.08. The summed E-state index contributed by atoms with van der Waals surface area (Å²) in [4.78, 5) is 0. The Morgan fingerprint density at radius 3 is 2.22 bits per heavy atom. The minimum absolute atomic E-state index is 0.00876. The average Bonchev–Trinajstić information content (AvgIpc) is 2.35. The van der Waals surface area contributed by atoms with Crippen LogP contribution in [0.1, 0.15) is 17.2 Å². The van der Waals surface area contributed by atoms with Crippen LogP contribution in [0.3, 0.4) is 0 Å². The van der Waals surface area contributed by atoms with Crippen LogP contribution in [0.15, 0.2) is 40.9 Å². The van der Waals surface area contributed by atoms with E-state index in [1.165, 1.54) is 30.3 Å². The van der Waals surface area contributed by atoms with Crippen molar-refractivity contribution in [3.05, 3.63) is 68.7 Å². The van der Waals surface area contributed by atoms with Gasteiger partial charge in [-0.15, -0.1) is 0 Å². The molecule has 2 rings (SSSR count). The molecular weight excluding hydrogens is 325 g/mol. The first-order chi connectivity index (χ1) is 8.52. The molecule has 0 saturated heterocycles. The van der Waals surface area contributed by atoms with Gasteiger partial charge in [0.05, 0.1) is 9.50 Å². The molecule has 1 atom stereocenters. The van der Waals surface area contributed by atoms with Crippen LogP contribution in [0, 0.1) is 11.6 Å². The van der Waals surface area contributed by atoms with Crippen LogP contribution < -0.4 is 0 Å². The van der Waals surface area contributed by atoms with Gasteiger partial charge in [0.15, 0.2) is 0 Å². The lowest BCUT2D eigenvalue weighted by Gasteiger charge is -2.14. The van der Waals surface area contributed by atoms with Crippen LogP contribution in [0.4, 0.5) is 8.78 Å². The van der Waals surface area contributed by atoms with E-state index >= 15 is 0 Å². The van der Waals surface area contributed by atoms with Crippen molar-refractivity contribution in [3.63, 3.8) is 0 Å². The van der Waals surface area contributed by atoms with E-state index in [1.807, 2.05) is 0 Å². The molecule has 0 spiro atoms. The van der Waals surface area contributed by atoms with E-state index in [0.29, 0.717) is 0 Å². The molecule has 0 fully saturated rings. The van der Waals surface area contributed by atoms with E-state index in [2.05, 4.69) is 15.9 Å². The number of benzene rings is 2. The Balaban J connectivity index is 2.51. The van der Waals surface area contributed by atoms with Crippen LogP contribution in [0.25, 0.3) is 0 Å². The van der Waals surface area contributed by atoms with Crippen LogP contribution >= 0.6 is 27.5 Å². The van der Waals surface area contributed by atoms with Crippen molar-refractivity contribution in [1.82, 2.24) is 0 Å². The Bertz CT molecular complexity index is 538. The lowest BCUT2D eigenvalue weighted by molar-refractivity contribution is 0.209. The summed E-state index contributed by atoms with van der Waals surface area (Å²) in [5.74, 6) is -1.37. The molecule has 0 saturated carbocycles. The van der Waals surface area contributed by atoms with Crippen LogP contribution in [-0.4, -0.2) is 5.11 Å². The molecule has 0 radical (unpaired) electrons. The molecular formula is C13H8BrClF2O. The third-order valence-electron chi connectivity index (χ3n) is 2.55. The summed E-state index contributed by atoms with van der Waals surface area (Å²) in [5.41, 5.74) is -0.0648. The topological polar surface area (TPSA) is 20.2 Å². The summed E-state index contributed by atoms with van der Waals surface area (Å²) in [5, 5.41) is 9.93. The molecule has 0 aliphatic carbocycles. The number of hydrogen-bond acceptors (Lipinski definition) is 1. The second-order valence-corrected chi connectivity index (χ2v) is 4.95. The third-order valence-corrected chi connectivity index (χ3v) is 3.46. The average molecular weight is 334 g/mol. The standard InChI is InChI=1S/C13H8BrClF2O/c14-9-5-1-3-7(11(9)16)13(18)8-4-2-6-10(15)12(8)17/h1-6,13,18H. The molecule has 1 N–H and O–H groups in total. The summed E-state index contributed by atoms with van der Waals surface area (Å²) in [6, 6.07) is 8.69. The molecule has 18 heavy (non-hydrogen) atoms. The zero-order chi connectivity index (χ0) is 13.3. The third kappa shape index (κ3) is 2.41. The molecule has 0 aliphatic heterocycles.